The average molecular weight is 383 g/mol. The van der Waals surface area contributed by atoms with Crippen LogP contribution in [0.25, 0.3) is 0 Å². The van der Waals surface area contributed by atoms with E-state index in [-0.39, 0.29) is 17.7 Å². The highest BCUT2D eigenvalue weighted by atomic mass is 35.5. The second kappa shape index (κ2) is 6.07. The zero-order valence-corrected chi connectivity index (χ0v) is 15.3. The first kappa shape index (κ1) is 15.8. The summed E-state index contributed by atoms with van der Waals surface area (Å²) in [6.07, 6.45) is 2.85. The van der Waals surface area contributed by atoms with Gasteiger partial charge in [-0.2, -0.15) is 10.1 Å². The summed E-state index contributed by atoms with van der Waals surface area (Å²) in [6.45, 7) is 0. The third kappa shape index (κ3) is 2.48. The third-order valence-electron chi connectivity index (χ3n) is 4.99. The maximum atomic E-state index is 13.1. The molecule has 5 nitrogen and oxygen atoms in total. The Labute approximate surface area is 159 Å². The van der Waals surface area contributed by atoms with Gasteiger partial charge in [-0.05, 0) is 35.6 Å². The van der Waals surface area contributed by atoms with Crippen LogP contribution in [0.15, 0.2) is 59.4 Å². The molecule has 0 bridgehead atoms. The Morgan fingerprint density at radius 3 is 2.81 bits per heavy atom. The molecule has 0 spiro atoms. The Balaban J connectivity index is 1.62. The van der Waals surface area contributed by atoms with Crippen LogP contribution in [-0.4, -0.2) is 20.5 Å². The summed E-state index contributed by atoms with van der Waals surface area (Å²) in [4.78, 5) is 18.7. The molecule has 1 N–H and O–H groups in total. The van der Waals surface area contributed by atoms with E-state index in [4.69, 9.17) is 11.6 Å². The predicted molar refractivity (Wildman–Crippen MR) is 102 cm³/mol. The van der Waals surface area contributed by atoms with Gasteiger partial charge in [0.05, 0.1) is 0 Å². The van der Waals surface area contributed by atoms with Crippen molar-refractivity contribution in [2.45, 2.75) is 24.8 Å². The van der Waals surface area contributed by atoms with Gasteiger partial charge in [-0.3, -0.25) is 4.79 Å². The van der Waals surface area contributed by atoms with Crippen molar-refractivity contribution in [3.8, 4) is 0 Å². The molecule has 3 heterocycles. The van der Waals surface area contributed by atoms with Gasteiger partial charge in [-0.1, -0.05) is 29.8 Å². The topological polar surface area (TPSA) is 59.8 Å². The van der Waals surface area contributed by atoms with Crippen LogP contribution in [0.5, 0.6) is 0 Å². The number of carbonyl (C=O) groups is 1. The molecule has 0 fully saturated rings. The molecule has 0 saturated heterocycles. The number of fused-ring (bicyclic) bond motifs is 1. The van der Waals surface area contributed by atoms with Gasteiger partial charge in [0, 0.05) is 33.5 Å². The Bertz CT molecular complexity index is 1010. The minimum absolute atomic E-state index is 0.165. The number of anilines is 1. The van der Waals surface area contributed by atoms with E-state index in [9.17, 15) is 4.79 Å². The SMILES string of the molecule is O=C1C[C@H](c2cccs2)CC2=C1[C@H](c1ccc(Cl)cc1)n1ncnc1N2. The second-order valence-corrected chi connectivity index (χ2v) is 7.96. The Morgan fingerprint density at radius 2 is 2.04 bits per heavy atom. The van der Waals surface area contributed by atoms with Crippen LogP contribution < -0.4 is 5.32 Å². The molecule has 26 heavy (non-hydrogen) atoms. The molecule has 5 rings (SSSR count). The first-order valence-corrected chi connectivity index (χ1v) is 9.68. The van der Waals surface area contributed by atoms with Crippen LogP contribution in [-0.2, 0) is 4.79 Å². The lowest BCUT2D eigenvalue weighted by Gasteiger charge is -2.34. The van der Waals surface area contributed by atoms with Crippen molar-refractivity contribution in [1.29, 1.82) is 0 Å². The van der Waals surface area contributed by atoms with Gasteiger partial charge in [-0.15, -0.1) is 11.3 Å². The quantitative estimate of drug-likeness (QED) is 0.713. The highest BCUT2D eigenvalue weighted by Gasteiger charge is 2.39. The van der Waals surface area contributed by atoms with Crippen LogP contribution in [0.4, 0.5) is 5.95 Å². The molecule has 1 aliphatic heterocycles. The van der Waals surface area contributed by atoms with Gasteiger partial charge in [0.15, 0.2) is 5.78 Å². The molecule has 7 heteroatoms. The Hall–Kier alpha value is -2.44. The maximum Gasteiger partial charge on any atom is 0.226 e. The van der Waals surface area contributed by atoms with Crippen molar-refractivity contribution in [3.63, 3.8) is 0 Å². The number of nitrogens with one attached hydrogen (secondary N) is 1. The molecule has 0 unspecified atom stereocenters. The molecule has 3 aromatic rings. The number of hydrogen-bond donors (Lipinski definition) is 1. The minimum Gasteiger partial charge on any atom is -0.328 e. The van der Waals surface area contributed by atoms with Gasteiger partial charge < -0.3 is 5.32 Å². The molecule has 1 aliphatic carbocycles. The lowest BCUT2D eigenvalue weighted by atomic mass is 9.80. The largest absolute Gasteiger partial charge is 0.328 e. The summed E-state index contributed by atoms with van der Waals surface area (Å²) in [5.74, 6) is 1.05. The Morgan fingerprint density at radius 1 is 1.19 bits per heavy atom. The van der Waals surface area contributed by atoms with Gasteiger partial charge in [0.2, 0.25) is 5.95 Å². The van der Waals surface area contributed by atoms with Crippen molar-refractivity contribution >= 4 is 34.7 Å². The van der Waals surface area contributed by atoms with E-state index in [0.29, 0.717) is 17.4 Å². The number of thiophene rings is 1. The molecule has 2 aromatic heterocycles. The summed E-state index contributed by atoms with van der Waals surface area (Å²) in [5, 5.41) is 10.4. The fourth-order valence-electron chi connectivity index (χ4n) is 3.83. The van der Waals surface area contributed by atoms with E-state index in [1.807, 2.05) is 30.3 Å². The summed E-state index contributed by atoms with van der Waals surface area (Å²) >= 11 is 7.75. The minimum atomic E-state index is -0.266. The number of carbonyl (C=O) groups excluding carboxylic acids is 1. The number of halogens is 1. The van der Waals surface area contributed by atoms with Crippen molar-refractivity contribution in [2.75, 3.05) is 5.32 Å². The van der Waals surface area contributed by atoms with Crippen LogP contribution in [0.3, 0.4) is 0 Å². The predicted octanol–water partition coefficient (Wildman–Crippen LogP) is 4.41. The number of rotatable bonds is 2. The zero-order valence-electron chi connectivity index (χ0n) is 13.7. The van der Waals surface area contributed by atoms with Gasteiger partial charge in [-0.25, -0.2) is 4.68 Å². The highest BCUT2D eigenvalue weighted by Crippen LogP contribution is 2.44. The number of aromatic nitrogens is 3. The molecule has 0 radical (unpaired) electrons. The summed E-state index contributed by atoms with van der Waals surface area (Å²) in [6, 6.07) is 11.5. The fourth-order valence-corrected chi connectivity index (χ4v) is 4.79. The Kier molecular flexibility index (Phi) is 3.69. The monoisotopic (exact) mass is 382 g/mol. The van der Waals surface area contributed by atoms with Crippen LogP contribution in [0.2, 0.25) is 5.02 Å². The zero-order chi connectivity index (χ0) is 17.7. The molecule has 130 valence electrons. The summed E-state index contributed by atoms with van der Waals surface area (Å²) in [5.41, 5.74) is 2.73. The highest BCUT2D eigenvalue weighted by molar-refractivity contribution is 7.10. The molecule has 0 amide bonds. The number of nitrogens with zero attached hydrogens (tertiary/aromatic N) is 3. The lowest BCUT2D eigenvalue weighted by molar-refractivity contribution is -0.116. The van der Waals surface area contributed by atoms with Crippen LogP contribution in [0.1, 0.15) is 35.2 Å². The smallest absolute Gasteiger partial charge is 0.226 e. The molecule has 2 aliphatic rings. The summed E-state index contributed by atoms with van der Waals surface area (Å²) in [7, 11) is 0. The van der Waals surface area contributed by atoms with Crippen molar-refractivity contribution < 1.29 is 4.79 Å². The fraction of sp³-hybridized carbons (Fsp3) is 0.211. The average Bonchev–Trinajstić information content (AvgIpc) is 3.32. The molecule has 0 saturated carbocycles. The van der Waals surface area contributed by atoms with Crippen molar-refractivity contribution in [2.24, 2.45) is 0 Å². The maximum absolute atomic E-state index is 13.1. The molecular weight excluding hydrogens is 368 g/mol. The number of hydrogen-bond acceptors (Lipinski definition) is 5. The van der Waals surface area contributed by atoms with Gasteiger partial charge >= 0.3 is 0 Å². The van der Waals surface area contributed by atoms with Gasteiger partial charge in [0.25, 0.3) is 0 Å². The van der Waals surface area contributed by atoms with E-state index in [0.717, 1.165) is 23.3 Å². The van der Waals surface area contributed by atoms with Crippen LogP contribution >= 0.6 is 22.9 Å². The standard InChI is InChI=1S/C19H15ClN4OS/c20-13-5-3-11(4-6-13)18-17-14(23-19-21-10-22-24(18)19)8-12(9-15(17)25)16-2-1-7-26-16/h1-7,10,12,18H,8-9H2,(H,21,22,23)/t12-,18+/m1/s1. The second-order valence-electron chi connectivity index (χ2n) is 6.54. The number of allylic oxidation sites excluding steroid dienone is 2. The number of Topliss-reactive ketones (excluding diaryl/α,β-unsaturated/α-hetero) is 1. The van der Waals surface area contributed by atoms with E-state index in [1.54, 1.807) is 16.0 Å². The third-order valence-corrected chi connectivity index (χ3v) is 6.28. The van der Waals surface area contributed by atoms with Crippen molar-refractivity contribution in [3.05, 3.63) is 74.8 Å². The molecule has 2 atom stereocenters. The molecular formula is C19H15ClN4OS. The van der Waals surface area contributed by atoms with E-state index in [2.05, 4.69) is 26.8 Å². The van der Waals surface area contributed by atoms with Gasteiger partial charge in [0.1, 0.15) is 12.4 Å². The molecule has 1 aromatic carbocycles. The van der Waals surface area contributed by atoms with E-state index in [1.165, 1.54) is 11.2 Å². The number of ketones is 1. The van der Waals surface area contributed by atoms with Crippen LogP contribution in [0, 0.1) is 0 Å². The van der Waals surface area contributed by atoms with E-state index >= 15 is 0 Å². The number of benzene rings is 1. The lowest BCUT2D eigenvalue weighted by Crippen LogP contribution is -2.33. The normalized spacial score (nSPS) is 22.0. The first-order chi connectivity index (χ1) is 12.7. The summed E-state index contributed by atoms with van der Waals surface area (Å²) < 4.78 is 1.78. The van der Waals surface area contributed by atoms with E-state index < -0.39 is 0 Å². The van der Waals surface area contributed by atoms with Crippen molar-refractivity contribution in [1.82, 2.24) is 14.8 Å². The first-order valence-electron chi connectivity index (χ1n) is 8.42.